The van der Waals surface area contributed by atoms with Gasteiger partial charge in [0.05, 0.1) is 12.8 Å². The summed E-state index contributed by atoms with van der Waals surface area (Å²) >= 11 is 0. The average molecular weight is 333 g/mol. The lowest BCUT2D eigenvalue weighted by Gasteiger charge is -2.36. The molecule has 0 atom stereocenters. The van der Waals surface area contributed by atoms with Gasteiger partial charge in [-0.3, -0.25) is 9.59 Å². The van der Waals surface area contributed by atoms with Crippen molar-refractivity contribution in [3.05, 3.63) is 24.3 Å². The van der Waals surface area contributed by atoms with Gasteiger partial charge in [-0.1, -0.05) is 26.0 Å². The molecule has 1 fully saturated rings. The average Bonchev–Trinajstić information content (AvgIpc) is 2.60. The largest absolute Gasteiger partial charge is 0.495 e. The van der Waals surface area contributed by atoms with Crippen LogP contribution in [0.3, 0.4) is 0 Å². The number of para-hydroxylation sites is 2. The first kappa shape index (κ1) is 18.1. The fourth-order valence-electron chi connectivity index (χ4n) is 2.72. The van der Waals surface area contributed by atoms with E-state index in [9.17, 15) is 9.59 Å². The maximum atomic E-state index is 12.2. The van der Waals surface area contributed by atoms with Crippen LogP contribution in [-0.2, 0) is 9.59 Å². The number of nitrogens with one attached hydrogen (secondary N) is 1. The van der Waals surface area contributed by atoms with E-state index < -0.39 is 0 Å². The predicted molar refractivity (Wildman–Crippen MR) is 94.3 cm³/mol. The van der Waals surface area contributed by atoms with Crippen molar-refractivity contribution in [1.82, 2.24) is 10.2 Å². The summed E-state index contributed by atoms with van der Waals surface area (Å²) in [6.45, 7) is 7.37. The smallest absolute Gasteiger partial charge is 0.232 e. The van der Waals surface area contributed by atoms with Crippen LogP contribution in [0.25, 0.3) is 0 Å². The summed E-state index contributed by atoms with van der Waals surface area (Å²) in [4.78, 5) is 28.0. The van der Waals surface area contributed by atoms with Crippen LogP contribution in [0.5, 0.6) is 5.75 Å². The van der Waals surface area contributed by atoms with Gasteiger partial charge >= 0.3 is 0 Å². The number of nitrogens with zero attached hydrogens (tertiary/aromatic N) is 2. The molecule has 132 valence electrons. The third-order valence-corrected chi connectivity index (χ3v) is 4.08. The van der Waals surface area contributed by atoms with Gasteiger partial charge < -0.3 is 19.9 Å². The van der Waals surface area contributed by atoms with Gasteiger partial charge in [0.15, 0.2) is 0 Å². The molecule has 1 saturated heterocycles. The van der Waals surface area contributed by atoms with Crippen molar-refractivity contribution < 1.29 is 14.3 Å². The molecule has 1 heterocycles. The monoisotopic (exact) mass is 333 g/mol. The predicted octanol–water partition coefficient (Wildman–Crippen LogP) is 1.51. The van der Waals surface area contributed by atoms with E-state index in [1.165, 1.54) is 0 Å². The molecule has 2 amide bonds. The fourth-order valence-corrected chi connectivity index (χ4v) is 2.72. The second-order valence-electron chi connectivity index (χ2n) is 6.41. The summed E-state index contributed by atoms with van der Waals surface area (Å²) < 4.78 is 5.40. The minimum absolute atomic E-state index is 0.0681. The molecule has 1 N–H and O–H groups in total. The van der Waals surface area contributed by atoms with Crippen molar-refractivity contribution in [3.63, 3.8) is 0 Å². The first-order valence-corrected chi connectivity index (χ1v) is 8.43. The Bertz CT molecular complexity index is 566. The van der Waals surface area contributed by atoms with E-state index in [1.807, 2.05) is 38.1 Å². The third kappa shape index (κ3) is 4.88. The van der Waals surface area contributed by atoms with Gasteiger partial charge in [-0.25, -0.2) is 0 Å². The number of methoxy groups -OCH3 is 1. The van der Waals surface area contributed by atoms with Crippen LogP contribution in [0.4, 0.5) is 5.69 Å². The fraction of sp³-hybridized carbons (Fsp3) is 0.556. The Hall–Kier alpha value is -2.24. The maximum absolute atomic E-state index is 12.2. The van der Waals surface area contributed by atoms with Crippen LogP contribution in [0, 0.1) is 5.92 Å². The summed E-state index contributed by atoms with van der Waals surface area (Å²) in [5.74, 6) is 0.926. The lowest BCUT2D eigenvalue weighted by molar-refractivity contribution is -0.136. The van der Waals surface area contributed by atoms with Crippen LogP contribution in [0.1, 0.15) is 20.3 Å². The SMILES string of the molecule is COc1ccccc1N1CCN(C(=O)CC(=O)NCC(C)C)CC1. The number of benzene rings is 1. The van der Waals surface area contributed by atoms with E-state index in [-0.39, 0.29) is 18.2 Å². The molecule has 1 aromatic carbocycles. The molecule has 1 aliphatic rings. The number of anilines is 1. The number of hydrogen-bond donors (Lipinski definition) is 1. The van der Waals surface area contributed by atoms with E-state index in [2.05, 4.69) is 10.2 Å². The zero-order valence-corrected chi connectivity index (χ0v) is 14.7. The summed E-state index contributed by atoms with van der Waals surface area (Å²) in [6, 6.07) is 7.88. The molecule has 6 heteroatoms. The van der Waals surface area contributed by atoms with Crippen LogP contribution in [-0.4, -0.2) is 56.5 Å². The Morgan fingerprint density at radius 2 is 1.83 bits per heavy atom. The van der Waals surface area contributed by atoms with Crippen molar-refractivity contribution in [2.24, 2.45) is 5.92 Å². The van der Waals surface area contributed by atoms with E-state index in [1.54, 1.807) is 12.0 Å². The molecule has 6 nitrogen and oxygen atoms in total. The molecule has 2 rings (SSSR count). The highest BCUT2D eigenvalue weighted by Crippen LogP contribution is 2.28. The van der Waals surface area contributed by atoms with Crippen molar-refractivity contribution in [3.8, 4) is 5.75 Å². The summed E-state index contributed by atoms with van der Waals surface area (Å²) in [7, 11) is 1.66. The number of ether oxygens (including phenoxy) is 1. The molecule has 1 aromatic rings. The van der Waals surface area contributed by atoms with Gasteiger partial charge in [0.1, 0.15) is 12.2 Å². The van der Waals surface area contributed by atoms with Gasteiger partial charge in [0.2, 0.25) is 11.8 Å². The topological polar surface area (TPSA) is 61.9 Å². The van der Waals surface area contributed by atoms with Gasteiger partial charge in [-0.05, 0) is 18.1 Å². The van der Waals surface area contributed by atoms with Crippen LogP contribution in [0.15, 0.2) is 24.3 Å². The minimum Gasteiger partial charge on any atom is -0.495 e. The minimum atomic E-state index is -0.194. The van der Waals surface area contributed by atoms with Crippen molar-refractivity contribution in [1.29, 1.82) is 0 Å². The second-order valence-corrected chi connectivity index (χ2v) is 6.41. The Morgan fingerprint density at radius 3 is 2.46 bits per heavy atom. The Labute approximate surface area is 143 Å². The number of amides is 2. The highest BCUT2D eigenvalue weighted by Gasteiger charge is 2.24. The van der Waals surface area contributed by atoms with E-state index in [0.717, 1.165) is 24.5 Å². The molecule has 0 bridgehead atoms. The molecular formula is C18H27N3O3. The molecule has 0 unspecified atom stereocenters. The first-order chi connectivity index (χ1) is 11.5. The molecule has 1 aliphatic heterocycles. The van der Waals surface area contributed by atoms with Gasteiger partial charge in [-0.15, -0.1) is 0 Å². The molecule has 24 heavy (non-hydrogen) atoms. The van der Waals surface area contributed by atoms with Gasteiger partial charge in [0, 0.05) is 32.7 Å². The van der Waals surface area contributed by atoms with Crippen LogP contribution < -0.4 is 15.0 Å². The summed E-state index contributed by atoms with van der Waals surface area (Å²) in [6.07, 6.45) is -0.0681. The molecule has 0 aliphatic carbocycles. The molecule has 0 radical (unpaired) electrons. The molecule has 0 saturated carbocycles. The Morgan fingerprint density at radius 1 is 1.17 bits per heavy atom. The lowest BCUT2D eigenvalue weighted by atomic mass is 10.2. The molecule has 0 aromatic heterocycles. The highest BCUT2D eigenvalue weighted by molar-refractivity contribution is 5.97. The third-order valence-electron chi connectivity index (χ3n) is 4.08. The number of hydrogen-bond acceptors (Lipinski definition) is 4. The maximum Gasteiger partial charge on any atom is 0.232 e. The second kappa shape index (κ2) is 8.57. The van der Waals surface area contributed by atoms with E-state index in [4.69, 9.17) is 4.74 Å². The number of rotatable bonds is 6. The van der Waals surface area contributed by atoms with Gasteiger partial charge in [0.25, 0.3) is 0 Å². The Balaban J connectivity index is 1.84. The quantitative estimate of drug-likeness (QED) is 0.802. The lowest BCUT2D eigenvalue weighted by Crippen LogP contribution is -2.49. The number of piperazine rings is 1. The summed E-state index contributed by atoms with van der Waals surface area (Å²) in [5, 5.41) is 2.79. The van der Waals surface area contributed by atoms with Crippen LogP contribution in [0.2, 0.25) is 0 Å². The van der Waals surface area contributed by atoms with Gasteiger partial charge in [-0.2, -0.15) is 0 Å². The zero-order chi connectivity index (χ0) is 17.5. The Kier molecular flexibility index (Phi) is 6.46. The highest BCUT2D eigenvalue weighted by atomic mass is 16.5. The first-order valence-electron chi connectivity index (χ1n) is 8.43. The molecule has 0 spiro atoms. The summed E-state index contributed by atoms with van der Waals surface area (Å²) in [5.41, 5.74) is 1.04. The standard InChI is InChI=1S/C18H27N3O3/c1-14(2)13-19-17(22)12-18(23)21-10-8-20(9-11-21)15-6-4-5-7-16(15)24-3/h4-7,14H,8-13H2,1-3H3,(H,19,22). The van der Waals surface area contributed by atoms with E-state index in [0.29, 0.717) is 25.6 Å². The van der Waals surface area contributed by atoms with E-state index >= 15 is 0 Å². The van der Waals surface area contributed by atoms with Crippen LogP contribution >= 0.6 is 0 Å². The molecular weight excluding hydrogens is 306 g/mol. The zero-order valence-electron chi connectivity index (χ0n) is 14.7. The normalized spacial score (nSPS) is 14.7. The number of carbonyl (C=O) groups excluding carboxylic acids is 2. The van der Waals surface area contributed by atoms with Crippen molar-refractivity contribution >= 4 is 17.5 Å². The number of carbonyl (C=O) groups is 2. The van der Waals surface area contributed by atoms with Crippen molar-refractivity contribution in [2.45, 2.75) is 20.3 Å². The van der Waals surface area contributed by atoms with Crippen molar-refractivity contribution in [2.75, 3.05) is 44.7 Å².